The maximum atomic E-state index is 12.2. The van der Waals surface area contributed by atoms with Crippen molar-refractivity contribution < 1.29 is 24.4 Å². The highest BCUT2D eigenvalue weighted by molar-refractivity contribution is 6.11. The second kappa shape index (κ2) is 6.56. The van der Waals surface area contributed by atoms with Crippen molar-refractivity contribution in [1.29, 1.82) is 0 Å². The van der Waals surface area contributed by atoms with Gasteiger partial charge in [0.25, 0.3) is 11.6 Å². The van der Waals surface area contributed by atoms with Crippen LogP contribution in [0.25, 0.3) is 0 Å². The molecule has 0 aliphatic rings. The van der Waals surface area contributed by atoms with Gasteiger partial charge in [0, 0.05) is 0 Å². The Kier molecular flexibility index (Phi) is 4.55. The van der Waals surface area contributed by atoms with Gasteiger partial charge >= 0.3 is 5.97 Å². The van der Waals surface area contributed by atoms with E-state index >= 15 is 0 Å². The van der Waals surface area contributed by atoms with Crippen LogP contribution < -0.4 is 10.1 Å². The van der Waals surface area contributed by atoms with Gasteiger partial charge in [0.2, 0.25) is 0 Å². The molecule has 0 unspecified atom stereocenters. The Morgan fingerprint density at radius 1 is 1.17 bits per heavy atom. The van der Waals surface area contributed by atoms with E-state index in [1.807, 2.05) is 0 Å². The molecule has 118 valence electrons. The number of amides is 1. The number of anilines is 1. The number of carbonyl (C=O) groups is 2. The van der Waals surface area contributed by atoms with Crippen LogP contribution in [0.5, 0.6) is 5.75 Å². The molecule has 0 heterocycles. The summed E-state index contributed by atoms with van der Waals surface area (Å²) in [6.45, 7) is 0. The first-order valence-corrected chi connectivity index (χ1v) is 6.40. The quantitative estimate of drug-likeness (QED) is 0.646. The first-order chi connectivity index (χ1) is 10.9. The topological polar surface area (TPSA) is 119 Å². The lowest BCUT2D eigenvalue weighted by Gasteiger charge is -2.09. The van der Waals surface area contributed by atoms with E-state index in [1.165, 1.54) is 49.6 Å². The van der Waals surface area contributed by atoms with Gasteiger partial charge in [0.05, 0.1) is 29.2 Å². The fraction of sp³-hybridized carbons (Fsp3) is 0.0667. The van der Waals surface area contributed by atoms with Gasteiger partial charge in [-0.05, 0) is 24.3 Å². The van der Waals surface area contributed by atoms with E-state index in [0.29, 0.717) is 0 Å². The number of rotatable bonds is 5. The van der Waals surface area contributed by atoms with Crippen LogP contribution in [0.1, 0.15) is 20.7 Å². The largest absolute Gasteiger partial charge is 0.496 e. The van der Waals surface area contributed by atoms with Crippen LogP contribution in [0.3, 0.4) is 0 Å². The molecule has 0 bridgehead atoms. The highest BCUT2D eigenvalue weighted by Crippen LogP contribution is 2.29. The lowest BCUT2D eigenvalue weighted by atomic mass is 10.1. The van der Waals surface area contributed by atoms with Crippen LogP contribution in [-0.2, 0) is 0 Å². The average Bonchev–Trinajstić information content (AvgIpc) is 2.54. The lowest BCUT2D eigenvalue weighted by Crippen LogP contribution is -2.17. The summed E-state index contributed by atoms with van der Waals surface area (Å²) in [5.41, 5.74) is -0.697. The van der Waals surface area contributed by atoms with E-state index in [0.717, 1.165) is 0 Å². The summed E-state index contributed by atoms with van der Waals surface area (Å²) in [6.07, 6.45) is 0. The van der Waals surface area contributed by atoms with E-state index < -0.39 is 16.8 Å². The lowest BCUT2D eigenvalue weighted by molar-refractivity contribution is -0.384. The molecule has 0 fully saturated rings. The summed E-state index contributed by atoms with van der Waals surface area (Å²) in [6, 6.07) is 9.52. The fourth-order valence-electron chi connectivity index (χ4n) is 1.95. The number of carboxylic acids is 1. The minimum Gasteiger partial charge on any atom is -0.496 e. The van der Waals surface area contributed by atoms with E-state index in [-0.39, 0.29) is 28.3 Å². The minimum absolute atomic E-state index is 0.0546. The van der Waals surface area contributed by atoms with Crippen molar-refractivity contribution in [2.45, 2.75) is 0 Å². The Labute approximate surface area is 130 Å². The molecule has 8 heteroatoms. The number of aromatic carboxylic acids is 1. The number of nitrogens with one attached hydrogen (secondary N) is 1. The number of benzene rings is 2. The Morgan fingerprint density at radius 3 is 2.39 bits per heavy atom. The van der Waals surface area contributed by atoms with Gasteiger partial charge in [0.1, 0.15) is 11.4 Å². The van der Waals surface area contributed by atoms with Gasteiger partial charge in [-0.1, -0.05) is 12.1 Å². The fourth-order valence-corrected chi connectivity index (χ4v) is 1.95. The Morgan fingerprint density at radius 2 is 1.83 bits per heavy atom. The van der Waals surface area contributed by atoms with Gasteiger partial charge in [0.15, 0.2) is 0 Å². The first kappa shape index (κ1) is 16.0. The number of hydrogen-bond donors (Lipinski definition) is 2. The van der Waals surface area contributed by atoms with E-state index in [4.69, 9.17) is 9.84 Å². The zero-order chi connectivity index (χ0) is 17.0. The van der Waals surface area contributed by atoms with Crippen LogP contribution in [0, 0.1) is 10.1 Å². The van der Waals surface area contributed by atoms with Crippen molar-refractivity contribution in [1.82, 2.24) is 0 Å². The predicted molar refractivity (Wildman–Crippen MR) is 81.0 cm³/mol. The maximum absolute atomic E-state index is 12.2. The van der Waals surface area contributed by atoms with Crippen molar-refractivity contribution in [2.24, 2.45) is 0 Å². The second-order valence-electron chi connectivity index (χ2n) is 4.45. The van der Waals surface area contributed by atoms with Gasteiger partial charge in [-0.2, -0.15) is 0 Å². The summed E-state index contributed by atoms with van der Waals surface area (Å²) in [7, 11) is 1.36. The number of methoxy groups -OCH3 is 1. The zero-order valence-electron chi connectivity index (χ0n) is 12.0. The van der Waals surface area contributed by atoms with Crippen molar-refractivity contribution >= 4 is 23.3 Å². The molecule has 2 N–H and O–H groups in total. The third-order valence-electron chi connectivity index (χ3n) is 3.05. The molecule has 0 radical (unpaired) electrons. The molecular formula is C15H12N2O6. The van der Waals surface area contributed by atoms with Gasteiger partial charge in [-0.25, -0.2) is 4.79 Å². The number of carbonyl (C=O) groups excluding carboxylic acids is 1. The number of nitrogens with zero attached hydrogens (tertiary/aromatic N) is 1. The standard InChI is InChI=1S/C15H12N2O6/c1-23-9-6-7-12(13(8-9)17(21)22)16-14(18)10-4-2-3-5-11(10)15(19)20/h2-8H,1H3,(H,16,18)(H,19,20). The zero-order valence-corrected chi connectivity index (χ0v) is 12.0. The Balaban J connectivity index is 2.38. The average molecular weight is 316 g/mol. The van der Waals surface area contributed by atoms with Crippen molar-refractivity contribution in [3.05, 3.63) is 63.7 Å². The monoisotopic (exact) mass is 316 g/mol. The summed E-state index contributed by atoms with van der Waals surface area (Å²) < 4.78 is 4.91. The van der Waals surface area contributed by atoms with E-state index in [9.17, 15) is 19.7 Å². The molecule has 8 nitrogen and oxygen atoms in total. The highest BCUT2D eigenvalue weighted by atomic mass is 16.6. The SMILES string of the molecule is COc1ccc(NC(=O)c2ccccc2C(=O)O)c([N+](=O)[O-])c1. The number of hydrogen-bond acceptors (Lipinski definition) is 5. The maximum Gasteiger partial charge on any atom is 0.336 e. The summed E-state index contributed by atoms with van der Waals surface area (Å²) >= 11 is 0. The molecule has 2 rings (SSSR count). The Bertz CT molecular complexity index is 787. The van der Waals surface area contributed by atoms with E-state index in [1.54, 1.807) is 0 Å². The number of nitro benzene ring substituents is 1. The molecule has 0 aliphatic carbocycles. The van der Waals surface area contributed by atoms with Gasteiger partial charge in [-0.3, -0.25) is 14.9 Å². The van der Waals surface area contributed by atoms with Crippen LogP contribution >= 0.6 is 0 Å². The van der Waals surface area contributed by atoms with E-state index in [2.05, 4.69) is 5.32 Å². The summed E-state index contributed by atoms with van der Waals surface area (Å²) in [5.74, 6) is -1.75. The first-order valence-electron chi connectivity index (χ1n) is 6.40. The van der Waals surface area contributed by atoms with Crippen LogP contribution in [0.15, 0.2) is 42.5 Å². The molecule has 0 aromatic heterocycles. The molecule has 0 atom stereocenters. The molecule has 23 heavy (non-hydrogen) atoms. The minimum atomic E-state index is -1.26. The van der Waals surface area contributed by atoms with Crippen LogP contribution in [0.4, 0.5) is 11.4 Å². The molecule has 2 aromatic carbocycles. The normalized spacial score (nSPS) is 9.96. The summed E-state index contributed by atoms with van der Waals surface area (Å²) in [5, 5.41) is 22.5. The highest BCUT2D eigenvalue weighted by Gasteiger charge is 2.20. The Hall–Kier alpha value is -3.42. The van der Waals surface area contributed by atoms with Crippen LogP contribution in [0.2, 0.25) is 0 Å². The third kappa shape index (κ3) is 3.43. The number of carboxylic acid groups (broad SMARTS) is 1. The molecule has 0 spiro atoms. The van der Waals surface area contributed by atoms with Crippen molar-refractivity contribution in [2.75, 3.05) is 12.4 Å². The van der Waals surface area contributed by atoms with Gasteiger partial charge in [-0.15, -0.1) is 0 Å². The molecule has 0 saturated carbocycles. The smallest absolute Gasteiger partial charge is 0.336 e. The summed E-state index contributed by atoms with van der Waals surface area (Å²) in [4.78, 5) is 33.8. The second-order valence-corrected chi connectivity index (χ2v) is 4.45. The van der Waals surface area contributed by atoms with Crippen LogP contribution in [-0.4, -0.2) is 29.0 Å². The van der Waals surface area contributed by atoms with Crippen molar-refractivity contribution in [3.63, 3.8) is 0 Å². The molecular weight excluding hydrogens is 304 g/mol. The molecule has 0 saturated heterocycles. The third-order valence-corrected chi connectivity index (χ3v) is 3.05. The number of nitro groups is 1. The number of ether oxygens (including phenoxy) is 1. The molecule has 0 aliphatic heterocycles. The predicted octanol–water partition coefficient (Wildman–Crippen LogP) is 2.55. The molecule has 1 amide bonds. The van der Waals surface area contributed by atoms with Gasteiger partial charge < -0.3 is 15.2 Å². The van der Waals surface area contributed by atoms with Crippen molar-refractivity contribution in [3.8, 4) is 5.75 Å². The molecule has 2 aromatic rings.